The van der Waals surface area contributed by atoms with Crippen molar-refractivity contribution in [1.82, 2.24) is 5.32 Å². The van der Waals surface area contributed by atoms with Gasteiger partial charge in [-0.3, -0.25) is 0 Å². The van der Waals surface area contributed by atoms with Crippen molar-refractivity contribution in [1.29, 1.82) is 0 Å². The fourth-order valence-corrected chi connectivity index (χ4v) is 1.82. The molecule has 1 atom stereocenters. The van der Waals surface area contributed by atoms with Crippen molar-refractivity contribution < 1.29 is 31.5 Å². The molecule has 8 heteroatoms. The lowest BCUT2D eigenvalue weighted by Crippen LogP contribution is -2.50. The number of benzene rings is 1. The third-order valence-corrected chi connectivity index (χ3v) is 2.66. The van der Waals surface area contributed by atoms with Crippen molar-refractivity contribution in [3.63, 3.8) is 0 Å². The van der Waals surface area contributed by atoms with Gasteiger partial charge in [-0.1, -0.05) is 18.2 Å². The van der Waals surface area contributed by atoms with Gasteiger partial charge < -0.3 is 10.1 Å². The number of carbonyl (C=O) groups is 1. The highest BCUT2D eigenvalue weighted by molar-refractivity contribution is 5.69. The Kier molecular flexibility index (Phi) is 3.11. The molecule has 1 aliphatic heterocycles. The minimum atomic E-state index is -4.78. The van der Waals surface area contributed by atoms with Crippen molar-refractivity contribution in [2.75, 3.05) is 6.61 Å². The Morgan fingerprint density at radius 3 is 2.53 bits per heavy atom. The van der Waals surface area contributed by atoms with Gasteiger partial charge in [-0.2, -0.15) is 13.2 Å². The minimum Gasteiger partial charge on any atom is -0.443 e. The van der Waals surface area contributed by atoms with Crippen molar-refractivity contribution in [3.05, 3.63) is 35.4 Å². The molecule has 1 saturated heterocycles. The van der Waals surface area contributed by atoms with Crippen LogP contribution in [0.5, 0.6) is 0 Å². The first-order valence-electron chi connectivity index (χ1n) is 5.19. The smallest absolute Gasteiger partial charge is 0.416 e. The van der Waals surface area contributed by atoms with Crippen molar-refractivity contribution >= 4 is 6.09 Å². The van der Waals surface area contributed by atoms with Gasteiger partial charge in [-0.05, 0) is 11.6 Å². The Morgan fingerprint density at radius 2 is 1.89 bits per heavy atom. The lowest BCUT2D eigenvalue weighted by molar-refractivity contribution is -0.141. The van der Waals surface area contributed by atoms with Gasteiger partial charge in [0, 0.05) is 0 Å². The predicted molar refractivity (Wildman–Crippen MR) is 53.6 cm³/mol. The van der Waals surface area contributed by atoms with E-state index in [4.69, 9.17) is 0 Å². The van der Waals surface area contributed by atoms with E-state index in [9.17, 15) is 26.7 Å². The first kappa shape index (κ1) is 13.6. The maximum Gasteiger partial charge on any atom is 0.416 e. The molecule has 1 fully saturated rings. The molecule has 1 aliphatic rings. The van der Waals surface area contributed by atoms with E-state index in [2.05, 4.69) is 4.74 Å². The Labute approximate surface area is 104 Å². The highest BCUT2D eigenvalue weighted by Gasteiger charge is 2.49. The molecule has 1 aromatic rings. The van der Waals surface area contributed by atoms with E-state index < -0.39 is 42.0 Å². The zero-order valence-corrected chi connectivity index (χ0v) is 9.30. The molecule has 0 unspecified atom stereocenters. The van der Waals surface area contributed by atoms with E-state index in [1.165, 1.54) is 6.07 Å². The van der Waals surface area contributed by atoms with Gasteiger partial charge >= 0.3 is 18.2 Å². The predicted octanol–water partition coefficient (Wildman–Crippen LogP) is 3.12. The van der Waals surface area contributed by atoms with Crippen LogP contribution in [0.1, 0.15) is 17.2 Å². The molecule has 104 valence electrons. The Hall–Kier alpha value is -1.86. The van der Waals surface area contributed by atoms with Gasteiger partial charge in [-0.25, -0.2) is 13.6 Å². The molecule has 0 saturated carbocycles. The molecular weight excluding hydrogens is 273 g/mol. The summed E-state index contributed by atoms with van der Waals surface area (Å²) in [5.41, 5.74) is -1.89. The molecule has 3 nitrogen and oxygen atoms in total. The maximum atomic E-state index is 13.6. The number of carbonyl (C=O) groups excluding carboxylic acids is 1. The summed E-state index contributed by atoms with van der Waals surface area (Å²) in [5.74, 6) is -3.62. The van der Waals surface area contributed by atoms with E-state index in [0.717, 1.165) is 12.1 Å². The second-order valence-electron chi connectivity index (χ2n) is 4.00. The number of rotatable bonds is 1. The fraction of sp³-hybridized carbons (Fsp3) is 0.364. The molecule has 19 heavy (non-hydrogen) atoms. The van der Waals surface area contributed by atoms with Crippen LogP contribution in [0.2, 0.25) is 0 Å². The molecule has 0 radical (unpaired) electrons. The normalized spacial score (nSPS) is 22.6. The van der Waals surface area contributed by atoms with Crippen LogP contribution < -0.4 is 5.32 Å². The summed E-state index contributed by atoms with van der Waals surface area (Å²) >= 11 is 0. The number of halogens is 5. The summed E-state index contributed by atoms with van der Waals surface area (Å²) in [6.07, 6.45) is -5.96. The van der Waals surface area contributed by atoms with E-state index in [-0.39, 0.29) is 0 Å². The van der Waals surface area contributed by atoms with Crippen LogP contribution in [0.3, 0.4) is 0 Å². The highest BCUT2D eigenvalue weighted by atomic mass is 19.4. The summed E-state index contributed by atoms with van der Waals surface area (Å²) in [4.78, 5) is 10.9. The summed E-state index contributed by atoms with van der Waals surface area (Å²) in [6, 6.07) is 1.82. The molecule has 1 N–H and O–H groups in total. The largest absolute Gasteiger partial charge is 0.443 e. The van der Waals surface area contributed by atoms with Gasteiger partial charge in [0.15, 0.2) is 6.61 Å². The van der Waals surface area contributed by atoms with Gasteiger partial charge in [0.05, 0.1) is 5.56 Å². The molecular formula is C11H8F5NO2. The zero-order valence-electron chi connectivity index (χ0n) is 9.30. The van der Waals surface area contributed by atoms with Gasteiger partial charge in [0.25, 0.3) is 0 Å². The summed E-state index contributed by atoms with van der Waals surface area (Å²) < 4.78 is 69.6. The van der Waals surface area contributed by atoms with Crippen molar-refractivity contribution in [2.45, 2.75) is 18.1 Å². The number of hydrogen-bond donors (Lipinski definition) is 1. The molecule has 0 bridgehead atoms. The number of nitrogens with one attached hydrogen (secondary N) is 1. The maximum absolute atomic E-state index is 13.6. The first-order chi connectivity index (χ1) is 8.72. The Morgan fingerprint density at radius 1 is 1.26 bits per heavy atom. The van der Waals surface area contributed by atoms with Crippen LogP contribution in [0.15, 0.2) is 24.3 Å². The third kappa shape index (κ3) is 2.61. The third-order valence-electron chi connectivity index (χ3n) is 2.66. The molecule has 0 spiro atoms. The van der Waals surface area contributed by atoms with E-state index in [1.807, 2.05) is 0 Å². The van der Waals surface area contributed by atoms with Crippen LogP contribution in [-0.4, -0.2) is 18.6 Å². The number of alkyl halides is 5. The van der Waals surface area contributed by atoms with E-state index >= 15 is 0 Å². The summed E-state index contributed by atoms with van der Waals surface area (Å²) in [6.45, 7) is -1.25. The molecule has 1 aromatic carbocycles. The molecule has 2 rings (SSSR count). The second kappa shape index (κ2) is 4.36. The zero-order chi connectivity index (χ0) is 14.3. The summed E-state index contributed by atoms with van der Waals surface area (Å²) in [7, 11) is 0. The fourth-order valence-electron chi connectivity index (χ4n) is 1.82. The van der Waals surface area contributed by atoms with Gasteiger partial charge in [0.2, 0.25) is 0 Å². The number of ether oxygens (including phenoxy) is 1. The number of alkyl carbamates (subject to hydrolysis) is 1. The molecule has 0 aromatic heterocycles. The standard InChI is InChI=1S/C11H8F5NO2/c12-10(13)5-19-9(18)17-8(10)6-3-1-2-4-7(6)11(14,15)16/h1-4,8H,5H2,(H,17,18)/t8-/m0/s1. The molecule has 1 heterocycles. The van der Waals surface area contributed by atoms with Crippen LogP contribution >= 0.6 is 0 Å². The number of amides is 1. The van der Waals surface area contributed by atoms with Gasteiger partial charge in [-0.15, -0.1) is 0 Å². The summed E-state index contributed by atoms with van der Waals surface area (Å²) in [5, 5.41) is 1.72. The van der Waals surface area contributed by atoms with Crippen molar-refractivity contribution in [3.8, 4) is 0 Å². The minimum absolute atomic E-state index is 0.684. The average molecular weight is 281 g/mol. The quantitative estimate of drug-likeness (QED) is 0.803. The SMILES string of the molecule is O=C1N[C@@H](c2ccccc2C(F)(F)F)C(F)(F)CO1. The lowest BCUT2D eigenvalue weighted by atomic mass is 9.95. The van der Waals surface area contributed by atoms with Gasteiger partial charge in [0.1, 0.15) is 6.04 Å². The molecule has 0 aliphatic carbocycles. The van der Waals surface area contributed by atoms with E-state index in [0.29, 0.717) is 6.07 Å². The molecule has 1 amide bonds. The van der Waals surface area contributed by atoms with Crippen LogP contribution in [0, 0.1) is 0 Å². The second-order valence-corrected chi connectivity index (χ2v) is 4.00. The van der Waals surface area contributed by atoms with Crippen LogP contribution in [0.4, 0.5) is 26.7 Å². The number of cyclic esters (lactones) is 1. The monoisotopic (exact) mass is 281 g/mol. The number of hydrogen-bond acceptors (Lipinski definition) is 2. The Balaban J connectivity index is 2.48. The Bertz CT molecular complexity index is 500. The first-order valence-corrected chi connectivity index (χ1v) is 5.19. The van der Waals surface area contributed by atoms with Crippen LogP contribution in [-0.2, 0) is 10.9 Å². The average Bonchev–Trinajstić information content (AvgIpc) is 2.31. The lowest BCUT2D eigenvalue weighted by Gasteiger charge is -2.33. The highest BCUT2D eigenvalue weighted by Crippen LogP contribution is 2.40. The van der Waals surface area contributed by atoms with Crippen molar-refractivity contribution in [2.24, 2.45) is 0 Å². The van der Waals surface area contributed by atoms with E-state index in [1.54, 1.807) is 5.32 Å². The topological polar surface area (TPSA) is 38.3 Å². The van der Waals surface area contributed by atoms with Crippen LogP contribution in [0.25, 0.3) is 0 Å².